The van der Waals surface area contributed by atoms with Crippen molar-refractivity contribution in [2.24, 2.45) is 17.8 Å². The minimum absolute atomic E-state index is 0.00782. The van der Waals surface area contributed by atoms with Crippen molar-refractivity contribution in [3.8, 4) is 49.5 Å². The van der Waals surface area contributed by atoms with Gasteiger partial charge in [0.1, 0.15) is 34.9 Å². The van der Waals surface area contributed by atoms with E-state index < -0.39 is 17.7 Å². The first-order valence-corrected chi connectivity index (χ1v) is 35.4. The van der Waals surface area contributed by atoms with Crippen LogP contribution in [0.4, 0.5) is 17.1 Å². The number of rotatable bonds is 27. The van der Waals surface area contributed by atoms with Gasteiger partial charge >= 0.3 is 0 Å². The molecule has 3 aliphatic heterocycles. The van der Waals surface area contributed by atoms with E-state index in [0.717, 1.165) is 140 Å². The average molecular weight is 1310 g/mol. The zero-order valence-corrected chi connectivity index (χ0v) is 57.7. The van der Waals surface area contributed by atoms with Gasteiger partial charge in [-0.15, -0.1) is 34.0 Å². The van der Waals surface area contributed by atoms with Crippen LogP contribution < -0.4 is 4.90 Å². The van der Waals surface area contributed by atoms with E-state index in [4.69, 9.17) is 0 Å². The lowest BCUT2D eigenvalue weighted by atomic mass is 9.92. The van der Waals surface area contributed by atoms with E-state index >= 15 is 0 Å². The van der Waals surface area contributed by atoms with E-state index in [1.54, 1.807) is 39.0 Å². The van der Waals surface area contributed by atoms with E-state index in [9.17, 15) is 44.6 Å². The molecule has 94 heavy (non-hydrogen) atoms. The van der Waals surface area contributed by atoms with Gasteiger partial charge in [-0.1, -0.05) is 136 Å². The molecule has 3 aliphatic rings. The van der Waals surface area contributed by atoms with Crippen molar-refractivity contribution in [2.45, 2.75) is 139 Å². The van der Waals surface area contributed by atoms with Crippen LogP contribution in [0, 0.1) is 51.7 Å². The molecule has 0 N–H and O–H groups in total. The van der Waals surface area contributed by atoms with Crippen molar-refractivity contribution in [1.82, 2.24) is 14.7 Å². The third kappa shape index (κ3) is 15.1. The summed E-state index contributed by atoms with van der Waals surface area (Å²) < 4.78 is 0. The van der Waals surface area contributed by atoms with Crippen LogP contribution in [0.3, 0.4) is 0 Å². The molecule has 0 spiro atoms. The van der Waals surface area contributed by atoms with Gasteiger partial charge in [0, 0.05) is 82.7 Å². The number of carbonyl (C=O) groups is 6. The predicted octanol–water partition coefficient (Wildman–Crippen LogP) is 18.8. The van der Waals surface area contributed by atoms with Crippen LogP contribution in [0.25, 0.3) is 49.5 Å². The SMILES string of the molecule is CCCCC(CC)CN1C(=O)C(C#N)=C(C)/C(=C/c2ccc(-c3ccc(N(c4ccc(-c5ccc(/C=C6\C(=O)N(CC(CC)CCCC)C(=O)C(C#N)=C6C)s5)cc4)c4ccc(-c5ccc(/C=C6\C(=O)N(CC(CC)CCCC)C(=O)C(C#N)=C6C)s5)cc4)cc3)s2)C1=O. The second-order valence-corrected chi connectivity index (χ2v) is 27.8. The van der Waals surface area contributed by atoms with Gasteiger partial charge in [0.15, 0.2) is 0 Å². The molecule has 3 aromatic carbocycles. The quantitative estimate of drug-likeness (QED) is 0.0355. The fourth-order valence-corrected chi connectivity index (χ4v) is 15.2. The van der Waals surface area contributed by atoms with Crippen molar-refractivity contribution in [3.05, 3.63) is 174 Å². The first-order valence-electron chi connectivity index (χ1n) is 32.9. The minimum atomic E-state index is -0.532. The largest absolute Gasteiger partial charge is 0.311 e. The van der Waals surface area contributed by atoms with Crippen molar-refractivity contribution in [2.75, 3.05) is 24.5 Å². The number of thiophene rings is 3. The molecule has 6 aromatic rings. The smallest absolute Gasteiger partial charge is 0.271 e. The van der Waals surface area contributed by atoms with Crippen LogP contribution in [0.5, 0.6) is 0 Å². The second-order valence-electron chi connectivity index (χ2n) is 24.5. The highest BCUT2D eigenvalue weighted by molar-refractivity contribution is 7.17. The van der Waals surface area contributed by atoms with Gasteiger partial charge in [0.05, 0.1) is 0 Å². The Kier molecular flexibility index (Phi) is 23.3. The maximum Gasteiger partial charge on any atom is 0.271 e. The third-order valence-electron chi connectivity index (χ3n) is 18.4. The summed E-state index contributed by atoms with van der Waals surface area (Å²) in [5, 5.41) is 30.4. The Morgan fingerprint density at radius 2 is 0.638 bits per heavy atom. The van der Waals surface area contributed by atoms with Crippen molar-refractivity contribution in [3.63, 3.8) is 0 Å². The highest BCUT2D eigenvalue weighted by atomic mass is 32.1. The number of nitrogens with zero attached hydrogens (tertiary/aromatic N) is 7. The fourth-order valence-electron chi connectivity index (χ4n) is 12.4. The molecule has 0 bridgehead atoms. The molecule has 0 saturated carbocycles. The molecule has 9 rings (SSSR count). The summed E-state index contributed by atoms with van der Waals surface area (Å²) in [6.45, 7) is 18.4. The Balaban J connectivity index is 1.02. The van der Waals surface area contributed by atoms with E-state index in [-0.39, 0.29) is 71.8 Å². The Morgan fingerprint density at radius 3 is 0.862 bits per heavy atom. The summed E-state index contributed by atoms with van der Waals surface area (Å²) in [5.41, 5.74) is 7.66. The van der Waals surface area contributed by atoms with Crippen LogP contribution >= 0.6 is 34.0 Å². The number of hydrogen-bond acceptors (Lipinski definition) is 13. The van der Waals surface area contributed by atoms with Gasteiger partial charge in [0.25, 0.3) is 35.4 Å². The van der Waals surface area contributed by atoms with Gasteiger partial charge < -0.3 is 4.90 Å². The number of amides is 6. The monoisotopic (exact) mass is 1310 g/mol. The predicted molar refractivity (Wildman–Crippen MR) is 380 cm³/mol. The average Bonchev–Trinajstić information content (AvgIpc) is 0.998. The van der Waals surface area contributed by atoms with Crippen LogP contribution in [0.2, 0.25) is 0 Å². The van der Waals surface area contributed by atoms with Gasteiger partial charge in [0.2, 0.25) is 0 Å². The standard InChI is InChI=1S/C78H81N7O6S3/c1-10-16-19-52(13-4)46-82-73(86)64(49(7)67(43-79)76(82)89)40-61-34-37-70(92-61)55-22-28-58(29-23-55)85(59-30-24-56(25-31-59)71-38-35-62(93-71)41-65-50(8)68(44-80)77(90)83(74(65)87)47-53(14-5)20-17-11-2)60-32-26-57(27-33-60)72-39-36-63(94-72)42-66-51(9)69(45-81)78(91)84(75(66)88)48-54(15-6)21-18-12-3/h22-42,52-54H,10-21,46-48H2,1-9H3/b64-40-,65-41-,66-42-. The Labute approximate surface area is 565 Å². The molecule has 0 aliphatic carbocycles. The molecule has 16 heteroatoms. The summed E-state index contributed by atoms with van der Waals surface area (Å²) in [6.07, 6.45) is 16.5. The van der Waals surface area contributed by atoms with Crippen LogP contribution in [0.15, 0.2) is 159 Å². The maximum atomic E-state index is 14.1. The molecular formula is C78H81N7O6S3. The number of nitriles is 3. The summed E-state index contributed by atoms with van der Waals surface area (Å²) in [4.78, 5) is 94.3. The van der Waals surface area contributed by atoms with Crippen LogP contribution in [-0.2, 0) is 28.8 Å². The Morgan fingerprint density at radius 1 is 0.383 bits per heavy atom. The van der Waals surface area contributed by atoms with Gasteiger partial charge in [-0.25, -0.2) is 0 Å². The highest BCUT2D eigenvalue weighted by Crippen LogP contribution is 2.42. The van der Waals surface area contributed by atoms with E-state index in [2.05, 4.69) is 137 Å². The molecule has 3 unspecified atom stereocenters. The molecule has 482 valence electrons. The normalized spacial score (nSPS) is 17.0. The summed E-state index contributed by atoms with van der Waals surface area (Å²) in [5.74, 6) is -2.31. The summed E-state index contributed by atoms with van der Waals surface area (Å²) in [7, 11) is 0. The number of carbonyl (C=O) groups excluding carboxylic acids is 6. The first kappa shape index (κ1) is 69.2. The van der Waals surface area contributed by atoms with Gasteiger partial charge in [-0.2, -0.15) is 15.8 Å². The number of anilines is 3. The number of imide groups is 3. The van der Waals surface area contributed by atoms with Crippen molar-refractivity contribution >= 4 is 105 Å². The van der Waals surface area contributed by atoms with Crippen molar-refractivity contribution < 1.29 is 28.8 Å². The summed E-state index contributed by atoms with van der Waals surface area (Å²) in [6, 6.07) is 43.0. The topological polar surface area (TPSA) is 187 Å². The van der Waals surface area contributed by atoms with Crippen LogP contribution in [-0.4, -0.2) is 69.8 Å². The number of unbranched alkanes of at least 4 members (excludes halogenated alkanes) is 3. The third-order valence-corrected chi connectivity index (χ3v) is 21.6. The Hall–Kier alpha value is -9.11. The van der Waals surface area contributed by atoms with E-state index in [1.807, 2.05) is 36.4 Å². The molecular weight excluding hydrogens is 1230 g/mol. The minimum Gasteiger partial charge on any atom is -0.311 e. The second kappa shape index (κ2) is 31.7. The molecule has 3 atom stereocenters. The molecule has 13 nitrogen and oxygen atoms in total. The lowest BCUT2D eigenvalue weighted by Crippen LogP contribution is -2.45. The molecule has 6 amide bonds. The maximum absolute atomic E-state index is 14.1. The zero-order chi connectivity index (χ0) is 67.3. The van der Waals surface area contributed by atoms with E-state index in [1.165, 1.54) is 48.7 Å². The Bertz CT molecular complexity index is 3780. The fraction of sp³-hybridized carbons (Fsp3) is 0.346. The number of benzene rings is 3. The summed E-state index contributed by atoms with van der Waals surface area (Å²) >= 11 is 4.54. The van der Waals surface area contributed by atoms with Crippen molar-refractivity contribution in [1.29, 1.82) is 15.8 Å². The van der Waals surface area contributed by atoms with Gasteiger partial charge in [-0.05, 0) is 182 Å². The molecule has 6 heterocycles. The zero-order valence-electron chi connectivity index (χ0n) is 55.3. The van der Waals surface area contributed by atoms with E-state index in [0.29, 0.717) is 33.4 Å². The molecule has 0 fully saturated rings. The first-order chi connectivity index (χ1) is 45.4. The molecule has 3 aromatic heterocycles. The highest BCUT2D eigenvalue weighted by Gasteiger charge is 2.39. The van der Waals surface area contributed by atoms with Crippen LogP contribution in [0.1, 0.15) is 154 Å². The van der Waals surface area contributed by atoms with Gasteiger partial charge in [-0.3, -0.25) is 43.5 Å². The number of hydrogen-bond donors (Lipinski definition) is 0. The molecule has 0 saturated heterocycles. The lowest BCUT2D eigenvalue weighted by molar-refractivity contribution is -0.142. The lowest BCUT2D eigenvalue weighted by Gasteiger charge is -2.30. The molecule has 0 radical (unpaired) electrons.